The molecule has 0 aromatic carbocycles. The summed E-state index contributed by atoms with van der Waals surface area (Å²) in [5.41, 5.74) is 1.76. The molecule has 3 rings (SSSR count). The Morgan fingerprint density at radius 2 is 2.21 bits per heavy atom. The Kier molecular flexibility index (Phi) is 3.03. The number of nitrogens with one attached hydrogen (secondary N) is 1. The first-order valence-electron chi connectivity index (χ1n) is 6.45. The second-order valence-electron chi connectivity index (χ2n) is 4.92. The number of pyridine rings is 1. The molecule has 0 unspecified atom stereocenters. The molecular formula is C14H16N4O. The molecule has 1 amide bonds. The number of carbonyl (C=O) groups excluding carboxylic acids is 1. The highest BCUT2D eigenvalue weighted by molar-refractivity contribution is 5.94. The molecular weight excluding hydrogens is 240 g/mol. The smallest absolute Gasteiger partial charge is 0.253 e. The molecule has 3 heterocycles. The fourth-order valence-corrected chi connectivity index (χ4v) is 2.49. The van der Waals surface area contributed by atoms with Gasteiger partial charge in [0.2, 0.25) is 0 Å². The average molecular weight is 256 g/mol. The molecule has 0 aliphatic carbocycles. The second-order valence-corrected chi connectivity index (χ2v) is 4.92. The molecule has 19 heavy (non-hydrogen) atoms. The minimum absolute atomic E-state index is 0.0770. The van der Waals surface area contributed by atoms with E-state index < -0.39 is 0 Å². The summed E-state index contributed by atoms with van der Waals surface area (Å²) in [5, 5.41) is 0. The summed E-state index contributed by atoms with van der Waals surface area (Å²) < 4.78 is 0. The lowest BCUT2D eigenvalue weighted by Crippen LogP contribution is -2.28. The highest BCUT2D eigenvalue weighted by Gasteiger charge is 2.29. The van der Waals surface area contributed by atoms with Crippen LogP contribution >= 0.6 is 0 Å². The minimum Gasteiger partial charge on any atom is -0.346 e. The Bertz CT molecular complexity index is 578. The summed E-state index contributed by atoms with van der Waals surface area (Å²) in [5.74, 6) is 1.38. The molecule has 1 fully saturated rings. The molecule has 1 saturated heterocycles. The molecule has 98 valence electrons. The van der Waals surface area contributed by atoms with Crippen molar-refractivity contribution in [2.24, 2.45) is 0 Å². The lowest BCUT2D eigenvalue weighted by Gasteiger charge is -2.15. The quantitative estimate of drug-likeness (QED) is 0.890. The van der Waals surface area contributed by atoms with Gasteiger partial charge in [0.15, 0.2) is 0 Å². The topological polar surface area (TPSA) is 61.9 Å². The molecule has 1 N–H and O–H groups in total. The van der Waals surface area contributed by atoms with Gasteiger partial charge in [-0.3, -0.25) is 9.78 Å². The van der Waals surface area contributed by atoms with Gasteiger partial charge in [-0.05, 0) is 25.5 Å². The highest BCUT2D eigenvalue weighted by atomic mass is 16.2. The van der Waals surface area contributed by atoms with Crippen LogP contribution in [-0.2, 0) is 0 Å². The maximum Gasteiger partial charge on any atom is 0.253 e. The van der Waals surface area contributed by atoms with Crippen LogP contribution in [0.4, 0.5) is 0 Å². The summed E-state index contributed by atoms with van der Waals surface area (Å²) in [4.78, 5) is 25.7. The van der Waals surface area contributed by atoms with Crippen LogP contribution in [-0.4, -0.2) is 38.8 Å². The molecule has 2 aromatic rings. The predicted octanol–water partition coefficient (Wildman–Crippen LogP) is 1.74. The lowest BCUT2D eigenvalue weighted by atomic mass is 10.1. The molecule has 1 atom stereocenters. The summed E-state index contributed by atoms with van der Waals surface area (Å²) in [7, 11) is 0. The van der Waals surface area contributed by atoms with Crippen LogP contribution in [0.5, 0.6) is 0 Å². The number of imidazole rings is 1. The monoisotopic (exact) mass is 256 g/mol. The van der Waals surface area contributed by atoms with E-state index in [4.69, 9.17) is 0 Å². The van der Waals surface area contributed by atoms with Gasteiger partial charge in [0.25, 0.3) is 5.91 Å². The Hall–Kier alpha value is -2.17. The van der Waals surface area contributed by atoms with Crippen molar-refractivity contribution in [1.82, 2.24) is 19.9 Å². The van der Waals surface area contributed by atoms with Crippen molar-refractivity contribution in [3.05, 3.63) is 47.8 Å². The Labute approximate surface area is 111 Å². The number of aromatic nitrogens is 3. The van der Waals surface area contributed by atoms with Gasteiger partial charge < -0.3 is 9.88 Å². The number of nitrogens with zero attached hydrogens (tertiary/aromatic N) is 3. The van der Waals surface area contributed by atoms with Crippen LogP contribution in [0.25, 0.3) is 0 Å². The molecule has 0 saturated carbocycles. The first-order chi connectivity index (χ1) is 9.24. The third-order valence-electron chi connectivity index (χ3n) is 3.51. The largest absolute Gasteiger partial charge is 0.346 e. The zero-order chi connectivity index (χ0) is 13.2. The van der Waals surface area contributed by atoms with Crippen LogP contribution in [0, 0.1) is 6.92 Å². The SMILES string of the molecule is Cc1cnc([C@H]2CCN(C(=O)c3ccncc3)C2)[nH]1. The van der Waals surface area contributed by atoms with Gasteiger partial charge in [-0.15, -0.1) is 0 Å². The number of carbonyl (C=O) groups is 1. The van der Waals surface area contributed by atoms with Crippen molar-refractivity contribution in [3.8, 4) is 0 Å². The molecule has 1 aliphatic heterocycles. The van der Waals surface area contributed by atoms with Crippen molar-refractivity contribution < 1.29 is 4.79 Å². The summed E-state index contributed by atoms with van der Waals surface area (Å²) in [6, 6.07) is 3.51. The Morgan fingerprint density at radius 1 is 1.42 bits per heavy atom. The van der Waals surface area contributed by atoms with Crippen molar-refractivity contribution in [1.29, 1.82) is 0 Å². The molecule has 0 radical (unpaired) electrons. The third kappa shape index (κ3) is 2.36. The number of aryl methyl sites for hydroxylation is 1. The number of hydrogen-bond donors (Lipinski definition) is 1. The van der Waals surface area contributed by atoms with Crippen molar-refractivity contribution in [2.75, 3.05) is 13.1 Å². The predicted molar refractivity (Wildman–Crippen MR) is 70.8 cm³/mol. The fraction of sp³-hybridized carbons (Fsp3) is 0.357. The van der Waals surface area contributed by atoms with Crippen molar-refractivity contribution in [3.63, 3.8) is 0 Å². The van der Waals surface area contributed by atoms with E-state index in [0.717, 1.165) is 31.0 Å². The van der Waals surface area contributed by atoms with Gasteiger partial charge in [0.05, 0.1) is 0 Å². The van der Waals surface area contributed by atoms with Crippen LogP contribution in [0.15, 0.2) is 30.7 Å². The fourth-order valence-electron chi connectivity index (χ4n) is 2.49. The highest BCUT2D eigenvalue weighted by Crippen LogP contribution is 2.26. The van der Waals surface area contributed by atoms with Gasteiger partial charge in [-0.25, -0.2) is 4.98 Å². The lowest BCUT2D eigenvalue weighted by molar-refractivity contribution is 0.0790. The zero-order valence-corrected chi connectivity index (χ0v) is 10.8. The number of H-pyrrole nitrogens is 1. The van der Waals surface area contributed by atoms with Crippen molar-refractivity contribution >= 4 is 5.91 Å². The van der Waals surface area contributed by atoms with E-state index >= 15 is 0 Å². The molecule has 1 aliphatic rings. The number of likely N-dealkylation sites (tertiary alicyclic amines) is 1. The Morgan fingerprint density at radius 3 is 2.89 bits per heavy atom. The van der Waals surface area contributed by atoms with E-state index in [9.17, 15) is 4.79 Å². The normalized spacial score (nSPS) is 18.8. The van der Waals surface area contributed by atoms with Gasteiger partial charge in [0.1, 0.15) is 5.82 Å². The van der Waals surface area contributed by atoms with E-state index in [0.29, 0.717) is 11.5 Å². The van der Waals surface area contributed by atoms with E-state index in [1.165, 1.54) is 0 Å². The average Bonchev–Trinajstić information content (AvgIpc) is 3.07. The first kappa shape index (κ1) is 11.9. The minimum atomic E-state index is 0.0770. The molecule has 0 bridgehead atoms. The van der Waals surface area contributed by atoms with Gasteiger partial charge >= 0.3 is 0 Å². The third-order valence-corrected chi connectivity index (χ3v) is 3.51. The maximum atomic E-state index is 12.3. The summed E-state index contributed by atoms with van der Waals surface area (Å²) in [6.07, 6.45) is 6.10. The van der Waals surface area contributed by atoms with Crippen LogP contribution in [0.3, 0.4) is 0 Å². The van der Waals surface area contributed by atoms with Crippen LogP contribution < -0.4 is 0 Å². The number of amides is 1. The van der Waals surface area contributed by atoms with Crippen LogP contribution in [0.1, 0.15) is 34.2 Å². The second kappa shape index (κ2) is 4.84. The molecule has 5 heteroatoms. The van der Waals surface area contributed by atoms with Crippen molar-refractivity contribution in [2.45, 2.75) is 19.3 Å². The number of rotatable bonds is 2. The summed E-state index contributed by atoms with van der Waals surface area (Å²) in [6.45, 7) is 3.50. The zero-order valence-electron chi connectivity index (χ0n) is 10.8. The van der Waals surface area contributed by atoms with Gasteiger partial charge in [0, 0.05) is 48.9 Å². The maximum absolute atomic E-state index is 12.3. The molecule has 2 aromatic heterocycles. The van der Waals surface area contributed by atoms with Gasteiger partial charge in [-0.2, -0.15) is 0 Å². The van der Waals surface area contributed by atoms with Gasteiger partial charge in [-0.1, -0.05) is 0 Å². The van der Waals surface area contributed by atoms with E-state index in [2.05, 4.69) is 15.0 Å². The van der Waals surface area contributed by atoms with E-state index in [1.807, 2.05) is 18.0 Å². The van der Waals surface area contributed by atoms with E-state index in [-0.39, 0.29) is 5.91 Å². The number of aromatic amines is 1. The molecule has 5 nitrogen and oxygen atoms in total. The molecule has 0 spiro atoms. The number of hydrogen-bond acceptors (Lipinski definition) is 3. The first-order valence-corrected chi connectivity index (χ1v) is 6.45. The van der Waals surface area contributed by atoms with Crippen LogP contribution in [0.2, 0.25) is 0 Å². The Balaban J connectivity index is 1.71. The summed E-state index contributed by atoms with van der Waals surface area (Å²) >= 11 is 0. The van der Waals surface area contributed by atoms with E-state index in [1.54, 1.807) is 24.5 Å². The standard InChI is InChI=1S/C14H16N4O/c1-10-8-16-13(17-10)12-4-7-18(9-12)14(19)11-2-5-15-6-3-11/h2-3,5-6,8,12H,4,7,9H2,1H3,(H,16,17)/t12-/m0/s1.